The maximum atomic E-state index is 12.5. The van der Waals surface area contributed by atoms with Gasteiger partial charge in [-0.05, 0) is 35.4 Å². The molecule has 0 aromatic heterocycles. The number of hydrogen-bond donors (Lipinski definition) is 0. The van der Waals surface area contributed by atoms with E-state index in [0.717, 1.165) is 54.9 Å². The molecule has 4 aromatic carbocycles. The third kappa shape index (κ3) is 13.9. The van der Waals surface area contributed by atoms with Crippen LogP contribution in [0.2, 0.25) is 0 Å². The van der Waals surface area contributed by atoms with Gasteiger partial charge in [-0.2, -0.15) is 29.3 Å². The van der Waals surface area contributed by atoms with Crippen LogP contribution in [0.4, 0.5) is 26.3 Å². The van der Waals surface area contributed by atoms with Crippen molar-refractivity contribution in [3.8, 4) is 11.1 Å². The van der Waals surface area contributed by atoms with Gasteiger partial charge in [0.1, 0.15) is 0 Å². The Hall–Kier alpha value is -2.73. The number of allylic oxidation sites excluding steroid dienone is 4. The predicted molar refractivity (Wildman–Crippen MR) is 225 cm³/mol. The number of halogens is 8. The molecule has 0 heterocycles. The summed E-state index contributed by atoms with van der Waals surface area (Å²) in [7, 11) is 0. The van der Waals surface area contributed by atoms with E-state index >= 15 is 0 Å². The van der Waals surface area contributed by atoms with Gasteiger partial charge in [-0.15, -0.1) is 16.7 Å². The number of fused-ring (bicyclic) bond motifs is 3. The van der Waals surface area contributed by atoms with E-state index in [1.165, 1.54) is 93.6 Å². The first-order valence-corrected chi connectivity index (χ1v) is 21.3. The fraction of sp³-hybridized carbons (Fsp3) is 0.431. The SMILES string of the molecule is CCCCC1[C-]=CC(C(C)(C)C)=C1.Cc1[c-]c2c(cc1C(C)(C)C)-c1cc(C(C)(C)C)c(C)cc1C2.FC(F)(F)c1ccc([C](=[Zr+2])c2ccc(C(F)(F)F)cc2)cc1.[Cl-].[Cl-]. The first-order valence-electron chi connectivity index (χ1n) is 20.1. The van der Waals surface area contributed by atoms with Gasteiger partial charge in [0.05, 0.1) is 0 Å². The maximum Gasteiger partial charge on any atom is -1.00 e. The number of alkyl halides is 6. The molecule has 324 valence electrons. The average Bonchev–Trinajstić information content (AvgIpc) is 3.73. The number of benzene rings is 4. The molecule has 6 rings (SSSR count). The van der Waals surface area contributed by atoms with E-state index in [9.17, 15) is 26.3 Å². The average molecular weight is 947 g/mol. The molecule has 0 fully saturated rings. The summed E-state index contributed by atoms with van der Waals surface area (Å²) >= 11 is 0.898. The van der Waals surface area contributed by atoms with Crippen molar-refractivity contribution < 1.29 is 75.4 Å². The summed E-state index contributed by atoms with van der Waals surface area (Å²) in [5.74, 6) is 0.592. The minimum atomic E-state index is -4.41. The Labute approximate surface area is 382 Å². The number of unbranched alkanes of at least 4 members (excludes halogenated alkanes) is 1. The molecule has 0 radical (unpaired) electrons. The normalized spacial score (nSPS) is 14.7. The standard InChI is InChI=1S/C23H29.C15H8F6.C13H21.2ClH.Zr/c1-14-9-16-11-17-10-15(2)21(23(6,7)8)13-19(17)18(16)12-20(14)22(3,4)5;16-14(17,18)12-5-1-10(2-6-12)9-11-3-7-13(8-4-11)15(19,20)21;1-5-6-7-11-8-9-12(10-11)13(2,3)4;;;/h9,12-13H,11H2,1-8H3;1-8H;9-11H,5-7H2,1-4H3;2*1H;/q-1;;-1;;;+2/p-2. The van der Waals surface area contributed by atoms with Crippen LogP contribution in [0.15, 0.2) is 84.5 Å². The van der Waals surface area contributed by atoms with Crippen LogP contribution in [0.3, 0.4) is 0 Å². The van der Waals surface area contributed by atoms with Gasteiger partial charge in [-0.25, -0.2) is 6.08 Å². The Morgan fingerprint density at radius 3 is 1.53 bits per heavy atom. The first-order chi connectivity index (χ1) is 26.6. The van der Waals surface area contributed by atoms with Crippen molar-refractivity contribution in [3.63, 3.8) is 0 Å². The molecular weight excluding hydrogens is 889 g/mol. The van der Waals surface area contributed by atoms with Crippen LogP contribution in [0, 0.1) is 37.3 Å². The largest absolute Gasteiger partial charge is 1.00 e. The summed E-state index contributed by atoms with van der Waals surface area (Å²) in [4.78, 5) is 0. The first kappa shape index (κ1) is 53.4. The summed E-state index contributed by atoms with van der Waals surface area (Å²) < 4.78 is 75.6. The van der Waals surface area contributed by atoms with Crippen molar-refractivity contribution in [2.75, 3.05) is 0 Å². The molecular formula is C51H58Cl2F6Zr-2. The van der Waals surface area contributed by atoms with Crippen LogP contribution in [0.25, 0.3) is 11.1 Å². The molecule has 0 bridgehead atoms. The van der Waals surface area contributed by atoms with Crippen molar-refractivity contribution in [1.82, 2.24) is 0 Å². The molecule has 0 amide bonds. The monoisotopic (exact) mass is 944 g/mol. The van der Waals surface area contributed by atoms with Crippen LogP contribution in [0.1, 0.15) is 144 Å². The van der Waals surface area contributed by atoms with Gasteiger partial charge in [0.25, 0.3) is 0 Å². The summed E-state index contributed by atoms with van der Waals surface area (Å²) in [5.41, 5.74) is 13.0. The molecule has 1 unspecified atom stereocenters. The molecule has 1 atom stereocenters. The summed E-state index contributed by atoms with van der Waals surface area (Å²) in [6, 6.07) is 20.1. The van der Waals surface area contributed by atoms with Crippen LogP contribution < -0.4 is 24.8 Å². The smallest absolute Gasteiger partial charge is 1.00 e. The Kier molecular flexibility index (Phi) is 18.4. The van der Waals surface area contributed by atoms with Crippen LogP contribution in [-0.4, -0.2) is 3.21 Å². The van der Waals surface area contributed by atoms with E-state index in [0.29, 0.717) is 25.7 Å². The van der Waals surface area contributed by atoms with Crippen molar-refractivity contribution in [1.29, 1.82) is 0 Å². The minimum absolute atomic E-state index is 0. The van der Waals surface area contributed by atoms with Gasteiger partial charge < -0.3 is 24.8 Å². The second-order valence-corrected chi connectivity index (χ2v) is 19.9. The van der Waals surface area contributed by atoms with Gasteiger partial charge >= 0.3 is 137 Å². The zero-order valence-electron chi connectivity index (χ0n) is 36.9. The third-order valence-corrected chi connectivity index (χ3v) is 12.1. The van der Waals surface area contributed by atoms with Gasteiger partial charge in [0.2, 0.25) is 0 Å². The van der Waals surface area contributed by atoms with E-state index in [-0.39, 0.29) is 35.6 Å². The predicted octanol–water partition coefficient (Wildman–Crippen LogP) is 9.26. The fourth-order valence-electron chi connectivity index (χ4n) is 7.41. The van der Waals surface area contributed by atoms with Crippen LogP contribution >= 0.6 is 0 Å². The fourth-order valence-corrected chi connectivity index (χ4v) is 8.23. The van der Waals surface area contributed by atoms with Gasteiger partial charge in [0.15, 0.2) is 0 Å². The van der Waals surface area contributed by atoms with Crippen molar-refractivity contribution >= 4 is 3.21 Å². The Bertz CT molecular complexity index is 2010. The Morgan fingerprint density at radius 1 is 0.667 bits per heavy atom. The second-order valence-electron chi connectivity index (χ2n) is 18.7. The van der Waals surface area contributed by atoms with Crippen molar-refractivity contribution in [3.05, 3.63) is 152 Å². The molecule has 0 nitrogen and oxygen atoms in total. The number of hydrogen-bond acceptors (Lipinski definition) is 0. The van der Waals surface area contributed by atoms with E-state index in [1.54, 1.807) is 0 Å². The number of aryl methyl sites for hydroxylation is 2. The molecule has 2 aliphatic carbocycles. The van der Waals surface area contributed by atoms with Gasteiger partial charge in [-0.1, -0.05) is 130 Å². The molecule has 60 heavy (non-hydrogen) atoms. The number of rotatable bonds is 5. The van der Waals surface area contributed by atoms with Gasteiger partial charge in [0, 0.05) is 0 Å². The minimum Gasteiger partial charge on any atom is -1.00 e. The van der Waals surface area contributed by atoms with E-state index < -0.39 is 23.5 Å². The Balaban J connectivity index is 0.000000317. The van der Waals surface area contributed by atoms with Gasteiger partial charge in [-0.3, -0.25) is 6.08 Å². The summed E-state index contributed by atoms with van der Waals surface area (Å²) in [6.07, 6.45) is 4.09. The van der Waals surface area contributed by atoms with Crippen LogP contribution in [-0.2, 0) is 53.8 Å². The molecule has 0 aliphatic heterocycles. The molecule has 4 aromatic rings. The Morgan fingerprint density at radius 2 is 1.13 bits per heavy atom. The summed E-state index contributed by atoms with van der Waals surface area (Å²) in [6.45, 7) is 27.3. The van der Waals surface area contributed by atoms with E-state index in [1.807, 2.05) is 0 Å². The van der Waals surface area contributed by atoms with Crippen LogP contribution in [0.5, 0.6) is 0 Å². The van der Waals surface area contributed by atoms with E-state index in [4.69, 9.17) is 0 Å². The molecule has 0 saturated heterocycles. The van der Waals surface area contributed by atoms with E-state index in [2.05, 4.69) is 126 Å². The molecule has 0 N–H and O–H groups in total. The zero-order chi connectivity index (χ0) is 43.6. The zero-order valence-corrected chi connectivity index (χ0v) is 40.9. The molecule has 9 heteroatoms. The quantitative estimate of drug-likeness (QED) is 0.122. The molecule has 0 saturated carbocycles. The van der Waals surface area contributed by atoms with Crippen molar-refractivity contribution in [2.24, 2.45) is 11.3 Å². The molecule has 2 aliphatic rings. The third-order valence-electron chi connectivity index (χ3n) is 10.6. The summed E-state index contributed by atoms with van der Waals surface area (Å²) in [5, 5.41) is 0. The maximum absolute atomic E-state index is 12.5. The van der Waals surface area contributed by atoms with Crippen molar-refractivity contribution in [2.45, 2.75) is 132 Å². The topological polar surface area (TPSA) is 0 Å². The second kappa shape index (κ2) is 20.6. The molecule has 0 spiro atoms.